The van der Waals surface area contributed by atoms with E-state index in [1.807, 2.05) is 12.1 Å². The van der Waals surface area contributed by atoms with Gasteiger partial charge in [0.1, 0.15) is 11.8 Å². The molecular weight excluding hydrogens is 310 g/mol. The van der Waals surface area contributed by atoms with Crippen LogP contribution in [0.25, 0.3) is 5.57 Å². The van der Waals surface area contributed by atoms with Crippen molar-refractivity contribution in [1.82, 2.24) is 0 Å². The molecule has 120 valence electrons. The number of allylic oxidation sites excluding steroid dienone is 2. The van der Waals surface area contributed by atoms with Gasteiger partial charge < -0.3 is 4.74 Å². The summed E-state index contributed by atoms with van der Waals surface area (Å²) in [5.41, 5.74) is 3.15. The summed E-state index contributed by atoms with van der Waals surface area (Å²) in [4.78, 5) is 12.3. The molecule has 23 heavy (non-hydrogen) atoms. The minimum absolute atomic E-state index is 0.0330. The van der Waals surface area contributed by atoms with Crippen molar-refractivity contribution in [3.05, 3.63) is 33.9 Å². The second-order valence-corrected chi connectivity index (χ2v) is 6.83. The minimum atomic E-state index is -0.118. The molecule has 0 bridgehead atoms. The molecule has 1 atom stereocenters. The van der Waals surface area contributed by atoms with Gasteiger partial charge in [-0.25, -0.2) is 0 Å². The van der Waals surface area contributed by atoms with E-state index < -0.39 is 0 Å². The molecule has 0 N–H and O–H groups in total. The van der Waals surface area contributed by atoms with E-state index in [0.29, 0.717) is 22.8 Å². The molecule has 0 heterocycles. The van der Waals surface area contributed by atoms with Crippen LogP contribution in [0.4, 0.5) is 0 Å². The number of nitrogens with zero attached hydrogens (tertiary/aromatic N) is 1. The van der Waals surface area contributed by atoms with Crippen LogP contribution >= 0.6 is 11.6 Å². The number of hydrogen-bond donors (Lipinski definition) is 0. The molecule has 0 fully saturated rings. The Morgan fingerprint density at radius 2 is 2.22 bits per heavy atom. The predicted octanol–water partition coefficient (Wildman–Crippen LogP) is 4.72. The van der Waals surface area contributed by atoms with Gasteiger partial charge in [0.05, 0.1) is 17.7 Å². The van der Waals surface area contributed by atoms with E-state index in [1.165, 1.54) is 0 Å². The topological polar surface area (TPSA) is 50.1 Å². The Balaban J connectivity index is 2.24. The molecule has 2 aliphatic rings. The quantitative estimate of drug-likeness (QED) is 0.803. The largest absolute Gasteiger partial charge is 0.495 e. The van der Waals surface area contributed by atoms with E-state index >= 15 is 0 Å². The number of halogens is 1. The summed E-state index contributed by atoms with van der Waals surface area (Å²) in [7, 11) is 1.60. The highest BCUT2D eigenvalue weighted by atomic mass is 35.5. The molecule has 3 rings (SSSR count). The standard InChI is InChI=1S/C19H20ClNO2/c1-3-4-8-19-9-7-15(22)14(11-21)17(19)12-5-6-16(23-2)18(20)13(12)10-19/h5-6H,3-4,7-10H2,1-2H3. The Kier molecular flexibility index (Phi) is 4.21. The van der Waals surface area contributed by atoms with Crippen LogP contribution in [0, 0.1) is 16.7 Å². The lowest BCUT2D eigenvalue weighted by atomic mass is 9.67. The van der Waals surface area contributed by atoms with Gasteiger partial charge in [-0.05, 0) is 42.0 Å². The molecule has 1 aromatic carbocycles. The van der Waals surface area contributed by atoms with Crippen molar-refractivity contribution in [3.8, 4) is 11.8 Å². The molecule has 0 spiro atoms. The zero-order chi connectivity index (χ0) is 16.6. The van der Waals surface area contributed by atoms with E-state index in [-0.39, 0.29) is 11.2 Å². The number of fused-ring (bicyclic) bond motifs is 3. The maximum Gasteiger partial charge on any atom is 0.173 e. The lowest BCUT2D eigenvalue weighted by molar-refractivity contribution is -0.116. The Hall–Kier alpha value is -1.79. The fourth-order valence-corrected chi connectivity index (χ4v) is 4.39. The highest BCUT2D eigenvalue weighted by molar-refractivity contribution is 6.33. The number of nitriles is 1. The van der Waals surface area contributed by atoms with Crippen molar-refractivity contribution in [2.24, 2.45) is 5.41 Å². The normalized spacial score (nSPS) is 22.6. The molecule has 0 saturated heterocycles. The number of carbonyl (C=O) groups excluding carboxylic acids is 1. The van der Waals surface area contributed by atoms with E-state index in [2.05, 4.69) is 13.0 Å². The average Bonchev–Trinajstić information content (AvgIpc) is 2.89. The van der Waals surface area contributed by atoms with Crippen LogP contribution in [-0.4, -0.2) is 12.9 Å². The van der Waals surface area contributed by atoms with Gasteiger partial charge in [0, 0.05) is 11.8 Å². The zero-order valence-electron chi connectivity index (χ0n) is 13.5. The van der Waals surface area contributed by atoms with E-state index in [9.17, 15) is 10.1 Å². The summed E-state index contributed by atoms with van der Waals surface area (Å²) in [6.45, 7) is 2.16. The number of unbranched alkanes of at least 4 members (excludes halogenated alkanes) is 1. The van der Waals surface area contributed by atoms with Gasteiger partial charge in [0.25, 0.3) is 0 Å². The smallest absolute Gasteiger partial charge is 0.173 e. The Labute approximate surface area is 141 Å². The Morgan fingerprint density at radius 1 is 1.43 bits per heavy atom. The molecule has 0 aromatic heterocycles. The number of benzene rings is 1. The van der Waals surface area contributed by atoms with Crippen LogP contribution in [0.5, 0.6) is 5.75 Å². The molecular formula is C19H20ClNO2. The van der Waals surface area contributed by atoms with Crippen molar-refractivity contribution in [2.75, 3.05) is 7.11 Å². The SMILES string of the molecule is CCCCC12CCC(=O)C(C#N)=C1c1ccc(OC)c(Cl)c1C2. The van der Waals surface area contributed by atoms with Crippen molar-refractivity contribution >= 4 is 23.0 Å². The fraction of sp³-hybridized carbons (Fsp3) is 0.474. The third-order valence-electron chi connectivity index (χ3n) is 5.22. The van der Waals surface area contributed by atoms with Gasteiger partial charge in [-0.2, -0.15) is 5.26 Å². The van der Waals surface area contributed by atoms with Crippen LogP contribution in [0.2, 0.25) is 5.02 Å². The molecule has 0 radical (unpaired) electrons. The summed E-state index contributed by atoms with van der Waals surface area (Å²) in [6.07, 6.45) is 5.23. The van der Waals surface area contributed by atoms with Gasteiger partial charge in [-0.1, -0.05) is 37.4 Å². The number of rotatable bonds is 4. The highest BCUT2D eigenvalue weighted by Gasteiger charge is 2.47. The highest BCUT2D eigenvalue weighted by Crippen LogP contribution is 2.58. The second kappa shape index (κ2) is 6.02. The maximum absolute atomic E-state index is 12.3. The van der Waals surface area contributed by atoms with Crippen LogP contribution < -0.4 is 4.74 Å². The van der Waals surface area contributed by atoms with Gasteiger partial charge >= 0.3 is 0 Å². The molecule has 0 aliphatic heterocycles. The summed E-state index contributed by atoms with van der Waals surface area (Å²) in [5.74, 6) is 0.620. The van der Waals surface area contributed by atoms with Crippen molar-refractivity contribution in [2.45, 2.75) is 45.4 Å². The van der Waals surface area contributed by atoms with Gasteiger partial charge in [0.15, 0.2) is 5.78 Å². The monoisotopic (exact) mass is 329 g/mol. The fourth-order valence-electron chi connectivity index (χ4n) is 4.08. The lowest BCUT2D eigenvalue weighted by Gasteiger charge is -2.35. The molecule has 0 amide bonds. The predicted molar refractivity (Wildman–Crippen MR) is 90.4 cm³/mol. The lowest BCUT2D eigenvalue weighted by Crippen LogP contribution is -2.28. The average molecular weight is 330 g/mol. The van der Waals surface area contributed by atoms with Crippen molar-refractivity contribution in [1.29, 1.82) is 5.26 Å². The summed E-state index contributed by atoms with van der Waals surface area (Å²) in [5, 5.41) is 10.2. The summed E-state index contributed by atoms with van der Waals surface area (Å²) < 4.78 is 5.33. The molecule has 1 unspecified atom stereocenters. The van der Waals surface area contributed by atoms with Crippen molar-refractivity contribution < 1.29 is 9.53 Å². The van der Waals surface area contributed by atoms with Crippen LogP contribution in [0.15, 0.2) is 17.7 Å². The number of carbonyl (C=O) groups is 1. The molecule has 3 nitrogen and oxygen atoms in total. The molecule has 2 aliphatic carbocycles. The van der Waals surface area contributed by atoms with Gasteiger partial charge in [-0.15, -0.1) is 0 Å². The number of ketones is 1. The maximum atomic E-state index is 12.3. The van der Waals surface area contributed by atoms with Crippen LogP contribution in [0.3, 0.4) is 0 Å². The van der Waals surface area contributed by atoms with E-state index in [1.54, 1.807) is 7.11 Å². The first-order valence-corrected chi connectivity index (χ1v) is 8.49. The third-order valence-corrected chi connectivity index (χ3v) is 5.64. The number of ether oxygens (including phenoxy) is 1. The molecule has 4 heteroatoms. The number of Topliss-reactive ketones (excluding diaryl/α,β-unsaturated/α-hetero) is 1. The first-order valence-electron chi connectivity index (χ1n) is 8.11. The molecule has 1 aromatic rings. The summed E-state index contributed by atoms with van der Waals surface area (Å²) >= 11 is 6.53. The number of methoxy groups -OCH3 is 1. The van der Waals surface area contributed by atoms with E-state index in [0.717, 1.165) is 48.8 Å². The van der Waals surface area contributed by atoms with Crippen LogP contribution in [0.1, 0.15) is 50.2 Å². The second-order valence-electron chi connectivity index (χ2n) is 6.45. The van der Waals surface area contributed by atoms with Crippen molar-refractivity contribution in [3.63, 3.8) is 0 Å². The Bertz CT molecular complexity index is 744. The molecule has 0 saturated carbocycles. The van der Waals surface area contributed by atoms with Crippen LogP contribution in [-0.2, 0) is 11.2 Å². The minimum Gasteiger partial charge on any atom is -0.495 e. The van der Waals surface area contributed by atoms with Gasteiger partial charge in [-0.3, -0.25) is 4.79 Å². The first kappa shape index (κ1) is 16.1. The van der Waals surface area contributed by atoms with Gasteiger partial charge in [0.2, 0.25) is 0 Å². The number of hydrogen-bond acceptors (Lipinski definition) is 3. The van der Waals surface area contributed by atoms with E-state index in [4.69, 9.17) is 16.3 Å². The Morgan fingerprint density at radius 3 is 2.87 bits per heavy atom. The zero-order valence-corrected chi connectivity index (χ0v) is 14.3. The summed E-state index contributed by atoms with van der Waals surface area (Å²) in [6, 6.07) is 5.96. The first-order chi connectivity index (χ1) is 11.1. The third kappa shape index (κ3) is 2.37.